The Bertz CT molecular complexity index is 341. The van der Waals surface area contributed by atoms with Gasteiger partial charge in [0.2, 0.25) is 0 Å². The minimum atomic E-state index is -4.31. The minimum Gasteiger partial charge on any atom is -0.369 e. The summed E-state index contributed by atoms with van der Waals surface area (Å²) in [7, 11) is 0. The summed E-state index contributed by atoms with van der Waals surface area (Å²) in [6, 6.07) is 1.98. The lowest BCUT2D eigenvalue weighted by atomic mass is 10.2. The van der Waals surface area contributed by atoms with E-state index >= 15 is 0 Å². The third-order valence-corrected chi connectivity index (χ3v) is 3.03. The average molecular weight is 250 g/mol. The van der Waals surface area contributed by atoms with Crippen LogP contribution in [0.5, 0.6) is 0 Å². The van der Waals surface area contributed by atoms with E-state index in [1.54, 1.807) is 11.8 Å². The maximum atomic E-state index is 12.4. The lowest BCUT2D eigenvalue weighted by Crippen LogP contribution is -2.14. The first-order valence-corrected chi connectivity index (χ1v) is 6.02. The Morgan fingerprint density at radius 3 is 2.75 bits per heavy atom. The van der Waals surface area contributed by atoms with Gasteiger partial charge in [0.15, 0.2) is 0 Å². The molecule has 0 aliphatic rings. The topological polar surface area (TPSA) is 24.9 Å². The molecule has 0 radical (unpaired) electrons. The maximum Gasteiger partial charge on any atom is 0.416 e. The van der Waals surface area contributed by atoms with Crippen LogP contribution in [0.3, 0.4) is 0 Å². The standard InChI is InChI=1S/C10H13F3N2S/c1-7(16-2)6-15-9-5-8(3-4-14-9)10(11,12)13/h3-5,7H,6H2,1-2H3,(H,14,15). The van der Waals surface area contributed by atoms with Crippen LogP contribution in [-0.4, -0.2) is 23.0 Å². The maximum absolute atomic E-state index is 12.4. The lowest BCUT2D eigenvalue weighted by molar-refractivity contribution is -0.137. The molecule has 16 heavy (non-hydrogen) atoms. The summed E-state index contributed by atoms with van der Waals surface area (Å²) >= 11 is 1.64. The zero-order valence-corrected chi connectivity index (χ0v) is 9.82. The fraction of sp³-hybridized carbons (Fsp3) is 0.500. The van der Waals surface area contributed by atoms with Crippen LogP contribution in [-0.2, 0) is 6.18 Å². The largest absolute Gasteiger partial charge is 0.416 e. The fourth-order valence-electron chi connectivity index (χ4n) is 1.04. The Kier molecular flexibility index (Phi) is 4.46. The Hall–Kier alpha value is -0.910. The van der Waals surface area contributed by atoms with Gasteiger partial charge in [-0.1, -0.05) is 6.92 Å². The predicted molar refractivity (Wildman–Crippen MR) is 60.7 cm³/mol. The molecule has 1 aromatic heterocycles. The summed E-state index contributed by atoms with van der Waals surface area (Å²) in [6.07, 6.45) is -1.20. The molecule has 6 heteroatoms. The highest BCUT2D eigenvalue weighted by molar-refractivity contribution is 7.99. The summed E-state index contributed by atoms with van der Waals surface area (Å²) in [5.41, 5.74) is -0.679. The number of hydrogen-bond acceptors (Lipinski definition) is 3. The van der Waals surface area contributed by atoms with Crippen LogP contribution in [0.1, 0.15) is 12.5 Å². The van der Waals surface area contributed by atoms with Gasteiger partial charge in [0.05, 0.1) is 5.56 Å². The van der Waals surface area contributed by atoms with Crippen molar-refractivity contribution in [2.45, 2.75) is 18.3 Å². The van der Waals surface area contributed by atoms with Crippen molar-refractivity contribution < 1.29 is 13.2 Å². The third kappa shape index (κ3) is 3.92. The fourth-order valence-corrected chi connectivity index (χ4v) is 1.29. The summed E-state index contributed by atoms with van der Waals surface area (Å²) in [5, 5.41) is 3.21. The highest BCUT2D eigenvalue weighted by atomic mass is 32.2. The number of nitrogens with one attached hydrogen (secondary N) is 1. The highest BCUT2D eigenvalue weighted by Gasteiger charge is 2.30. The molecule has 1 heterocycles. The number of aromatic nitrogens is 1. The molecule has 0 bridgehead atoms. The zero-order valence-electron chi connectivity index (χ0n) is 9.01. The normalized spacial score (nSPS) is 13.6. The molecular formula is C10H13F3N2S. The van der Waals surface area contributed by atoms with Crippen LogP contribution in [0.15, 0.2) is 18.3 Å². The van der Waals surface area contributed by atoms with Crippen molar-refractivity contribution in [1.82, 2.24) is 4.98 Å². The molecule has 0 spiro atoms. The Labute approximate surface area is 96.6 Å². The van der Waals surface area contributed by atoms with E-state index in [9.17, 15) is 13.2 Å². The molecule has 0 saturated heterocycles. The van der Waals surface area contributed by atoms with Gasteiger partial charge in [0, 0.05) is 18.0 Å². The van der Waals surface area contributed by atoms with Crippen LogP contribution in [0.25, 0.3) is 0 Å². The van der Waals surface area contributed by atoms with Gasteiger partial charge in [-0.25, -0.2) is 4.98 Å². The van der Waals surface area contributed by atoms with E-state index in [-0.39, 0.29) is 5.82 Å². The molecule has 1 unspecified atom stereocenters. The van der Waals surface area contributed by atoms with E-state index in [0.29, 0.717) is 11.8 Å². The number of alkyl halides is 3. The van der Waals surface area contributed by atoms with Crippen LogP contribution in [0.2, 0.25) is 0 Å². The van der Waals surface area contributed by atoms with Crippen LogP contribution >= 0.6 is 11.8 Å². The predicted octanol–water partition coefficient (Wildman–Crippen LogP) is 3.26. The molecule has 2 nitrogen and oxygen atoms in total. The molecular weight excluding hydrogens is 237 g/mol. The number of rotatable bonds is 4. The first-order chi connectivity index (χ1) is 7.43. The number of thioether (sulfide) groups is 1. The van der Waals surface area contributed by atoms with Gasteiger partial charge in [-0.15, -0.1) is 0 Å². The summed E-state index contributed by atoms with van der Waals surface area (Å²) in [4.78, 5) is 3.84. The molecule has 1 N–H and O–H groups in total. The zero-order chi connectivity index (χ0) is 12.2. The first-order valence-electron chi connectivity index (χ1n) is 4.73. The van der Waals surface area contributed by atoms with Crippen molar-refractivity contribution >= 4 is 17.6 Å². The number of pyridine rings is 1. The van der Waals surface area contributed by atoms with E-state index in [2.05, 4.69) is 10.3 Å². The molecule has 0 aromatic carbocycles. The van der Waals surface area contributed by atoms with Gasteiger partial charge < -0.3 is 5.32 Å². The monoisotopic (exact) mass is 250 g/mol. The molecule has 1 aromatic rings. The van der Waals surface area contributed by atoms with Gasteiger partial charge in [-0.2, -0.15) is 24.9 Å². The summed E-state index contributed by atoms with van der Waals surface area (Å²) in [5.74, 6) is 0.260. The van der Waals surface area contributed by atoms with Crippen molar-refractivity contribution in [3.8, 4) is 0 Å². The molecule has 0 amide bonds. The molecule has 0 aliphatic heterocycles. The van der Waals surface area contributed by atoms with Crippen molar-refractivity contribution in [3.05, 3.63) is 23.9 Å². The third-order valence-electron chi connectivity index (χ3n) is 2.06. The Morgan fingerprint density at radius 2 is 2.19 bits per heavy atom. The van der Waals surface area contributed by atoms with Gasteiger partial charge >= 0.3 is 6.18 Å². The van der Waals surface area contributed by atoms with Crippen molar-refractivity contribution in [2.75, 3.05) is 18.1 Å². The van der Waals surface area contributed by atoms with E-state index in [4.69, 9.17) is 0 Å². The Morgan fingerprint density at radius 1 is 1.50 bits per heavy atom. The molecule has 0 aliphatic carbocycles. The van der Waals surface area contributed by atoms with Gasteiger partial charge in [-0.05, 0) is 18.4 Å². The van der Waals surface area contributed by atoms with Crippen molar-refractivity contribution in [1.29, 1.82) is 0 Å². The molecule has 1 rings (SSSR count). The van der Waals surface area contributed by atoms with E-state index < -0.39 is 11.7 Å². The number of nitrogens with zero attached hydrogens (tertiary/aromatic N) is 1. The summed E-state index contributed by atoms with van der Waals surface area (Å²) < 4.78 is 37.1. The molecule has 1 atom stereocenters. The summed E-state index contributed by atoms with van der Waals surface area (Å²) in [6.45, 7) is 2.58. The molecule has 90 valence electrons. The van der Waals surface area contributed by atoms with E-state index in [1.807, 2.05) is 13.2 Å². The van der Waals surface area contributed by atoms with Crippen LogP contribution in [0.4, 0.5) is 19.0 Å². The second kappa shape index (κ2) is 5.43. The smallest absolute Gasteiger partial charge is 0.369 e. The lowest BCUT2D eigenvalue weighted by Gasteiger charge is -2.12. The molecule has 0 saturated carbocycles. The second-order valence-corrected chi connectivity index (χ2v) is 4.63. The molecule has 0 fully saturated rings. The van der Waals surface area contributed by atoms with E-state index in [1.165, 1.54) is 0 Å². The number of anilines is 1. The van der Waals surface area contributed by atoms with Crippen LogP contribution < -0.4 is 5.32 Å². The quantitative estimate of drug-likeness (QED) is 0.887. The number of hydrogen-bond donors (Lipinski definition) is 1. The SMILES string of the molecule is CSC(C)CNc1cc(C(F)(F)F)ccn1. The van der Waals surface area contributed by atoms with Crippen LogP contribution in [0, 0.1) is 0 Å². The second-order valence-electron chi connectivity index (χ2n) is 3.35. The average Bonchev–Trinajstić information content (AvgIpc) is 2.25. The minimum absolute atomic E-state index is 0.260. The first kappa shape index (κ1) is 13.2. The van der Waals surface area contributed by atoms with Crippen molar-refractivity contribution in [3.63, 3.8) is 0 Å². The van der Waals surface area contributed by atoms with Gasteiger partial charge in [-0.3, -0.25) is 0 Å². The van der Waals surface area contributed by atoms with Crippen molar-refractivity contribution in [2.24, 2.45) is 0 Å². The highest BCUT2D eigenvalue weighted by Crippen LogP contribution is 2.29. The Balaban J connectivity index is 2.68. The van der Waals surface area contributed by atoms with E-state index in [0.717, 1.165) is 18.3 Å². The van der Waals surface area contributed by atoms with Gasteiger partial charge in [0.25, 0.3) is 0 Å². The van der Waals surface area contributed by atoms with Gasteiger partial charge in [0.1, 0.15) is 5.82 Å². The number of halogens is 3.